The van der Waals surface area contributed by atoms with E-state index < -0.39 is 0 Å². The standard InChI is InChI=1S/C17H32O2/c1-16(2,3)15-4-8-17(13-18,9-5-15)12-14-6-10-19-11-7-14/h14-15,18H,4-13H2,1-3H3. The van der Waals surface area contributed by atoms with Gasteiger partial charge in [-0.25, -0.2) is 0 Å². The van der Waals surface area contributed by atoms with Crippen molar-refractivity contribution in [1.29, 1.82) is 0 Å². The topological polar surface area (TPSA) is 29.5 Å². The van der Waals surface area contributed by atoms with Gasteiger partial charge in [0.25, 0.3) is 0 Å². The number of ether oxygens (including phenoxy) is 1. The third kappa shape index (κ3) is 3.95. The van der Waals surface area contributed by atoms with Gasteiger partial charge in [0, 0.05) is 19.8 Å². The van der Waals surface area contributed by atoms with E-state index in [1.165, 1.54) is 44.9 Å². The maximum atomic E-state index is 9.93. The number of hydrogen-bond acceptors (Lipinski definition) is 2. The third-order valence-electron chi connectivity index (χ3n) is 5.67. The molecule has 0 aromatic heterocycles. The normalized spacial score (nSPS) is 34.4. The van der Waals surface area contributed by atoms with Gasteiger partial charge in [-0.1, -0.05) is 20.8 Å². The van der Waals surface area contributed by atoms with Crippen LogP contribution in [0.15, 0.2) is 0 Å². The molecule has 1 saturated carbocycles. The second-order valence-electron chi connectivity index (χ2n) is 8.06. The maximum absolute atomic E-state index is 9.93. The van der Waals surface area contributed by atoms with Crippen LogP contribution in [0.3, 0.4) is 0 Å². The van der Waals surface area contributed by atoms with Crippen LogP contribution in [0.4, 0.5) is 0 Å². The van der Waals surface area contributed by atoms with E-state index in [-0.39, 0.29) is 5.41 Å². The van der Waals surface area contributed by atoms with Crippen molar-refractivity contribution in [1.82, 2.24) is 0 Å². The van der Waals surface area contributed by atoms with Gasteiger partial charge in [0.1, 0.15) is 0 Å². The molecule has 0 radical (unpaired) electrons. The average molecular weight is 268 g/mol. The van der Waals surface area contributed by atoms with Crippen LogP contribution in [-0.4, -0.2) is 24.9 Å². The van der Waals surface area contributed by atoms with E-state index in [0.717, 1.165) is 25.0 Å². The minimum Gasteiger partial charge on any atom is -0.396 e. The molecule has 0 bridgehead atoms. The molecule has 0 aromatic carbocycles. The van der Waals surface area contributed by atoms with E-state index in [1.807, 2.05) is 0 Å². The van der Waals surface area contributed by atoms with Crippen LogP contribution < -0.4 is 0 Å². The SMILES string of the molecule is CC(C)(C)C1CCC(CO)(CC2CCOCC2)CC1. The summed E-state index contributed by atoms with van der Waals surface area (Å²) in [7, 11) is 0. The monoisotopic (exact) mass is 268 g/mol. The molecule has 2 aliphatic rings. The predicted octanol–water partition coefficient (Wildman–Crippen LogP) is 4.02. The van der Waals surface area contributed by atoms with Gasteiger partial charge in [0.2, 0.25) is 0 Å². The quantitative estimate of drug-likeness (QED) is 0.837. The van der Waals surface area contributed by atoms with Crippen LogP contribution in [0.25, 0.3) is 0 Å². The molecule has 0 unspecified atom stereocenters. The van der Waals surface area contributed by atoms with Crippen molar-refractivity contribution in [3.05, 3.63) is 0 Å². The molecule has 2 heteroatoms. The first-order valence-electron chi connectivity index (χ1n) is 8.14. The Balaban J connectivity index is 1.90. The molecule has 1 heterocycles. The number of hydrogen-bond donors (Lipinski definition) is 1. The molecule has 1 aliphatic carbocycles. The summed E-state index contributed by atoms with van der Waals surface area (Å²) in [6.07, 6.45) is 8.67. The maximum Gasteiger partial charge on any atom is 0.0487 e. The summed E-state index contributed by atoms with van der Waals surface area (Å²) in [4.78, 5) is 0. The lowest BCUT2D eigenvalue weighted by Gasteiger charge is -2.45. The molecule has 19 heavy (non-hydrogen) atoms. The molecular formula is C17H32O2. The molecule has 2 fully saturated rings. The largest absolute Gasteiger partial charge is 0.396 e. The second kappa shape index (κ2) is 6.13. The lowest BCUT2D eigenvalue weighted by atomic mass is 9.61. The van der Waals surface area contributed by atoms with Crippen LogP contribution >= 0.6 is 0 Å². The first-order valence-corrected chi connectivity index (χ1v) is 8.14. The Morgan fingerprint density at radius 1 is 1.05 bits per heavy atom. The van der Waals surface area contributed by atoms with Gasteiger partial charge in [-0.3, -0.25) is 0 Å². The number of aliphatic hydroxyl groups excluding tert-OH is 1. The first kappa shape index (κ1) is 15.3. The van der Waals surface area contributed by atoms with Crippen LogP contribution in [0.1, 0.15) is 65.7 Å². The van der Waals surface area contributed by atoms with Crippen molar-refractivity contribution in [2.75, 3.05) is 19.8 Å². The Morgan fingerprint density at radius 3 is 2.11 bits per heavy atom. The van der Waals surface area contributed by atoms with Gasteiger partial charge in [0.15, 0.2) is 0 Å². The van der Waals surface area contributed by atoms with Crippen molar-refractivity contribution in [3.8, 4) is 0 Å². The summed E-state index contributed by atoms with van der Waals surface area (Å²) in [5.74, 6) is 1.62. The Labute approximate surface area is 118 Å². The summed E-state index contributed by atoms with van der Waals surface area (Å²) in [5.41, 5.74) is 0.657. The number of aliphatic hydroxyl groups is 1. The lowest BCUT2D eigenvalue weighted by Crippen LogP contribution is -2.37. The average Bonchev–Trinajstić information content (AvgIpc) is 2.39. The van der Waals surface area contributed by atoms with Crippen molar-refractivity contribution >= 4 is 0 Å². The minimum atomic E-state index is 0.226. The zero-order valence-corrected chi connectivity index (χ0v) is 13.1. The van der Waals surface area contributed by atoms with E-state index in [9.17, 15) is 5.11 Å². The molecule has 1 aliphatic heterocycles. The molecule has 0 aromatic rings. The van der Waals surface area contributed by atoms with Crippen LogP contribution in [0.2, 0.25) is 0 Å². The Morgan fingerprint density at radius 2 is 1.63 bits per heavy atom. The zero-order valence-electron chi connectivity index (χ0n) is 13.1. The van der Waals surface area contributed by atoms with Crippen molar-refractivity contribution < 1.29 is 9.84 Å². The summed E-state index contributed by atoms with van der Waals surface area (Å²) in [6, 6.07) is 0. The summed E-state index contributed by atoms with van der Waals surface area (Å²) in [5, 5.41) is 9.93. The van der Waals surface area contributed by atoms with Crippen molar-refractivity contribution in [2.24, 2.45) is 22.7 Å². The molecule has 1 N–H and O–H groups in total. The molecule has 2 nitrogen and oxygen atoms in total. The van der Waals surface area contributed by atoms with Gasteiger partial charge in [0.05, 0.1) is 0 Å². The highest BCUT2D eigenvalue weighted by Gasteiger charge is 2.39. The molecular weight excluding hydrogens is 236 g/mol. The van der Waals surface area contributed by atoms with E-state index in [0.29, 0.717) is 12.0 Å². The van der Waals surface area contributed by atoms with E-state index >= 15 is 0 Å². The molecule has 2 rings (SSSR count). The predicted molar refractivity (Wildman–Crippen MR) is 79.1 cm³/mol. The van der Waals surface area contributed by atoms with Gasteiger partial charge >= 0.3 is 0 Å². The highest BCUT2D eigenvalue weighted by molar-refractivity contribution is 4.90. The molecule has 0 amide bonds. The highest BCUT2D eigenvalue weighted by Crippen LogP contribution is 2.48. The van der Waals surface area contributed by atoms with Crippen molar-refractivity contribution in [2.45, 2.75) is 65.7 Å². The van der Waals surface area contributed by atoms with E-state index in [4.69, 9.17) is 4.74 Å². The summed E-state index contributed by atoms with van der Waals surface area (Å²) >= 11 is 0. The lowest BCUT2D eigenvalue weighted by molar-refractivity contribution is -0.00582. The minimum absolute atomic E-state index is 0.226. The fraction of sp³-hybridized carbons (Fsp3) is 1.00. The third-order valence-corrected chi connectivity index (χ3v) is 5.67. The first-order chi connectivity index (χ1) is 8.95. The van der Waals surface area contributed by atoms with E-state index in [2.05, 4.69) is 20.8 Å². The van der Waals surface area contributed by atoms with Crippen LogP contribution in [0.5, 0.6) is 0 Å². The van der Waals surface area contributed by atoms with E-state index in [1.54, 1.807) is 0 Å². The molecule has 0 atom stereocenters. The Hall–Kier alpha value is -0.0800. The second-order valence-corrected chi connectivity index (χ2v) is 8.06. The number of rotatable bonds is 3. The Kier molecular flexibility index (Phi) is 4.94. The fourth-order valence-corrected chi connectivity index (χ4v) is 4.09. The highest BCUT2D eigenvalue weighted by atomic mass is 16.5. The summed E-state index contributed by atoms with van der Waals surface area (Å²) in [6.45, 7) is 9.33. The van der Waals surface area contributed by atoms with Gasteiger partial charge in [-0.2, -0.15) is 0 Å². The fourth-order valence-electron chi connectivity index (χ4n) is 4.09. The zero-order chi connectivity index (χ0) is 13.9. The van der Waals surface area contributed by atoms with Gasteiger partial charge < -0.3 is 9.84 Å². The Bertz CT molecular complexity index is 265. The van der Waals surface area contributed by atoms with Gasteiger partial charge in [-0.05, 0) is 67.6 Å². The molecule has 1 saturated heterocycles. The van der Waals surface area contributed by atoms with Crippen LogP contribution in [-0.2, 0) is 4.74 Å². The molecule has 112 valence electrons. The van der Waals surface area contributed by atoms with Gasteiger partial charge in [-0.15, -0.1) is 0 Å². The van der Waals surface area contributed by atoms with Crippen LogP contribution in [0, 0.1) is 22.7 Å². The molecule has 0 spiro atoms. The smallest absolute Gasteiger partial charge is 0.0487 e. The summed E-state index contributed by atoms with van der Waals surface area (Å²) < 4.78 is 5.45. The van der Waals surface area contributed by atoms with Crippen molar-refractivity contribution in [3.63, 3.8) is 0 Å².